The van der Waals surface area contributed by atoms with E-state index in [-0.39, 0.29) is 11.9 Å². The average molecular weight is 428 g/mol. The number of hydrogen-bond acceptors (Lipinski definition) is 6. The van der Waals surface area contributed by atoms with E-state index >= 15 is 0 Å². The molecule has 2 fully saturated rings. The highest BCUT2D eigenvalue weighted by Crippen LogP contribution is 2.33. The van der Waals surface area contributed by atoms with Crippen LogP contribution in [0.3, 0.4) is 0 Å². The third-order valence-electron chi connectivity index (χ3n) is 6.61. The number of phenolic OH excluding ortho intramolecular Hbond substituents is 1. The first-order valence-corrected chi connectivity index (χ1v) is 11.2. The van der Waals surface area contributed by atoms with Gasteiger partial charge in [-0.1, -0.05) is 18.6 Å². The van der Waals surface area contributed by atoms with E-state index in [2.05, 4.69) is 20.5 Å². The van der Waals surface area contributed by atoms with Crippen LogP contribution in [0.4, 0.5) is 0 Å². The van der Waals surface area contributed by atoms with Gasteiger partial charge in [-0.25, -0.2) is 4.98 Å². The van der Waals surface area contributed by atoms with Gasteiger partial charge in [0.25, 0.3) is 0 Å². The van der Waals surface area contributed by atoms with Crippen molar-refractivity contribution in [2.24, 2.45) is 0 Å². The summed E-state index contributed by atoms with van der Waals surface area (Å²) < 4.78 is 8.09. The molecular weight excluding hydrogens is 402 g/mol. The average Bonchev–Trinajstić information content (AvgIpc) is 3.27. The highest BCUT2D eigenvalue weighted by Gasteiger charge is 2.32. The molecule has 0 amide bonds. The molecule has 4 aromatic rings. The van der Waals surface area contributed by atoms with Gasteiger partial charge < -0.3 is 19.6 Å². The van der Waals surface area contributed by atoms with E-state index in [1.807, 2.05) is 53.2 Å². The molecule has 7 heteroatoms. The van der Waals surface area contributed by atoms with Gasteiger partial charge in [0.1, 0.15) is 11.9 Å². The van der Waals surface area contributed by atoms with Gasteiger partial charge in [-0.05, 0) is 61.1 Å². The van der Waals surface area contributed by atoms with Gasteiger partial charge in [0.05, 0.1) is 23.7 Å². The van der Waals surface area contributed by atoms with Crippen molar-refractivity contribution in [3.63, 3.8) is 0 Å². The minimum Gasteiger partial charge on any atom is -0.507 e. The number of aromatic hydroxyl groups is 1. The zero-order valence-corrected chi connectivity index (χ0v) is 17.7. The van der Waals surface area contributed by atoms with E-state index in [4.69, 9.17) is 4.74 Å². The Kier molecular flexibility index (Phi) is 4.76. The molecule has 6 rings (SSSR count). The summed E-state index contributed by atoms with van der Waals surface area (Å²) in [5, 5.41) is 23.0. The smallest absolute Gasteiger partial charge is 0.233 e. The number of benzene rings is 1. The number of nitrogens with zero attached hydrogens (tertiary/aromatic N) is 4. The number of pyridine rings is 1. The number of nitrogens with one attached hydrogen (secondary N) is 1. The fraction of sp³-hybridized carbons (Fsp3) is 0.320. The topological polar surface area (TPSA) is 84.6 Å². The second kappa shape index (κ2) is 7.91. The lowest BCUT2D eigenvalue weighted by Gasteiger charge is -2.39. The van der Waals surface area contributed by atoms with Gasteiger partial charge in [-0.3, -0.25) is 0 Å². The number of phenols is 1. The summed E-state index contributed by atoms with van der Waals surface area (Å²) in [6.07, 6.45) is 11.6. The minimum absolute atomic E-state index is 0.169. The molecule has 5 heterocycles. The zero-order chi connectivity index (χ0) is 21.5. The van der Waals surface area contributed by atoms with Crippen LogP contribution in [0.15, 0.2) is 61.2 Å². The lowest BCUT2D eigenvalue weighted by Crippen LogP contribution is -2.51. The summed E-state index contributed by atoms with van der Waals surface area (Å²) in [6, 6.07) is 14.5. The largest absolute Gasteiger partial charge is 0.507 e. The molecular formula is C25H25N5O2. The fourth-order valence-corrected chi connectivity index (χ4v) is 5.03. The van der Waals surface area contributed by atoms with Crippen molar-refractivity contribution in [1.29, 1.82) is 0 Å². The van der Waals surface area contributed by atoms with Crippen LogP contribution >= 0.6 is 0 Å². The van der Waals surface area contributed by atoms with Crippen molar-refractivity contribution in [3.05, 3.63) is 61.2 Å². The summed E-state index contributed by atoms with van der Waals surface area (Å²) >= 11 is 0. The predicted octanol–water partition coefficient (Wildman–Crippen LogP) is 4.22. The summed E-state index contributed by atoms with van der Waals surface area (Å²) in [7, 11) is 0. The molecule has 32 heavy (non-hydrogen) atoms. The van der Waals surface area contributed by atoms with E-state index in [0.717, 1.165) is 29.5 Å². The number of fused-ring (bicyclic) bond motifs is 3. The third kappa shape index (κ3) is 3.69. The van der Waals surface area contributed by atoms with E-state index in [1.165, 1.54) is 19.3 Å². The predicted molar refractivity (Wildman–Crippen MR) is 122 cm³/mol. The van der Waals surface area contributed by atoms with E-state index in [1.54, 1.807) is 12.4 Å². The standard InChI is InChI=1S/C25H25N5O2/c31-24-10-16(17-4-6-20-13-26-15-30(20)14-17)5-7-22(24)23-8-9-25(29-28-23)32-21-11-18-2-1-3-19(12-21)27-18/h4-10,13-15,18-19,21,27,31H,1-3,11-12H2. The van der Waals surface area contributed by atoms with Gasteiger partial charge >= 0.3 is 0 Å². The van der Waals surface area contributed by atoms with Gasteiger partial charge in [-0.2, -0.15) is 0 Å². The number of hydrogen-bond donors (Lipinski definition) is 2. The van der Waals surface area contributed by atoms with Crippen LogP contribution in [0.5, 0.6) is 11.6 Å². The Labute approximate surface area is 186 Å². The minimum atomic E-state index is 0.169. The quantitative estimate of drug-likeness (QED) is 0.507. The number of rotatable bonds is 4. The van der Waals surface area contributed by atoms with Crippen molar-refractivity contribution >= 4 is 5.52 Å². The van der Waals surface area contributed by atoms with Gasteiger partial charge in [0.15, 0.2) is 0 Å². The second-order valence-corrected chi connectivity index (χ2v) is 8.83. The summed E-state index contributed by atoms with van der Waals surface area (Å²) in [5.74, 6) is 0.714. The molecule has 162 valence electrons. The molecule has 0 aliphatic carbocycles. The van der Waals surface area contributed by atoms with Crippen LogP contribution in [-0.2, 0) is 0 Å². The maximum Gasteiger partial charge on any atom is 0.233 e. The molecule has 2 N–H and O–H groups in total. The molecule has 2 bridgehead atoms. The Hall–Kier alpha value is -3.45. The molecule has 0 radical (unpaired) electrons. The fourth-order valence-electron chi connectivity index (χ4n) is 5.03. The van der Waals surface area contributed by atoms with Crippen LogP contribution in [0, 0.1) is 0 Å². The first kappa shape index (κ1) is 19.3. The van der Waals surface area contributed by atoms with Crippen molar-refractivity contribution in [2.45, 2.75) is 50.3 Å². The van der Waals surface area contributed by atoms with Gasteiger partial charge in [-0.15, -0.1) is 10.2 Å². The molecule has 2 saturated heterocycles. The van der Waals surface area contributed by atoms with Crippen LogP contribution < -0.4 is 10.1 Å². The van der Waals surface area contributed by atoms with Crippen molar-refractivity contribution in [2.75, 3.05) is 0 Å². The number of piperidine rings is 2. The monoisotopic (exact) mass is 427 g/mol. The molecule has 2 aliphatic rings. The highest BCUT2D eigenvalue weighted by molar-refractivity contribution is 5.74. The third-order valence-corrected chi connectivity index (χ3v) is 6.61. The summed E-state index contributed by atoms with van der Waals surface area (Å²) in [6.45, 7) is 0. The van der Waals surface area contributed by atoms with Gasteiger partial charge in [0, 0.05) is 29.9 Å². The molecule has 1 aromatic carbocycles. The first-order valence-electron chi connectivity index (χ1n) is 11.2. The summed E-state index contributed by atoms with van der Waals surface area (Å²) in [5.41, 5.74) is 4.21. The molecule has 0 saturated carbocycles. The SMILES string of the molecule is Oc1cc(-c2ccc3cncn3c2)ccc1-c1ccc(OC2CC3CCCC(C2)N3)nn1. The zero-order valence-electron chi connectivity index (χ0n) is 17.7. The molecule has 2 aliphatic heterocycles. The van der Waals surface area contributed by atoms with E-state index in [0.29, 0.717) is 29.2 Å². The number of ether oxygens (including phenoxy) is 1. The highest BCUT2D eigenvalue weighted by atomic mass is 16.5. The molecule has 7 nitrogen and oxygen atoms in total. The second-order valence-electron chi connectivity index (χ2n) is 8.83. The van der Waals surface area contributed by atoms with Crippen LogP contribution in [0.25, 0.3) is 27.9 Å². The molecule has 0 spiro atoms. The van der Waals surface area contributed by atoms with E-state index < -0.39 is 0 Å². The maximum absolute atomic E-state index is 10.7. The first-order chi connectivity index (χ1) is 15.7. The van der Waals surface area contributed by atoms with Crippen molar-refractivity contribution in [3.8, 4) is 34.0 Å². The normalized spacial score (nSPS) is 22.7. The van der Waals surface area contributed by atoms with Crippen LogP contribution in [-0.4, -0.2) is 42.9 Å². The Bertz CT molecular complexity index is 1240. The Morgan fingerprint density at radius 1 is 0.969 bits per heavy atom. The Morgan fingerprint density at radius 3 is 2.59 bits per heavy atom. The van der Waals surface area contributed by atoms with Gasteiger partial charge in [0.2, 0.25) is 5.88 Å². The Morgan fingerprint density at radius 2 is 1.81 bits per heavy atom. The Balaban J connectivity index is 1.19. The summed E-state index contributed by atoms with van der Waals surface area (Å²) in [4.78, 5) is 4.15. The molecule has 2 unspecified atom stereocenters. The van der Waals surface area contributed by atoms with Crippen LogP contribution in [0.1, 0.15) is 32.1 Å². The molecule has 2 atom stereocenters. The molecule has 3 aromatic heterocycles. The van der Waals surface area contributed by atoms with E-state index in [9.17, 15) is 5.11 Å². The van der Waals surface area contributed by atoms with Crippen LogP contribution in [0.2, 0.25) is 0 Å². The maximum atomic E-state index is 10.7. The lowest BCUT2D eigenvalue weighted by atomic mass is 9.85. The van der Waals surface area contributed by atoms with Crippen molar-refractivity contribution in [1.82, 2.24) is 24.9 Å². The van der Waals surface area contributed by atoms with Crippen molar-refractivity contribution < 1.29 is 9.84 Å². The lowest BCUT2D eigenvalue weighted by molar-refractivity contribution is 0.0881. The number of aromatic nitrogens is 4. The number of imidazole rings is 1.